The number of H-pyrrole nitrogens is 1. The van der Waals surface area contributed by atoms with E-state index in [-0.39, 0.29) is 40.9 Å². The van der Waals surface area contributed by atoms with Gasteiger partial charge in [-0.2, -0.15) is 0 Å². The van der Waals surface area contributed by atoms with Crippen LogP contribution in [-0.4, -0.2) is 54.9 Å². The first-order valence-electron chi connectivity index (χ1n) is 12.8. The number of aryl methyl sites for hydroxylation is 1. The Morgan fingerprint density at radius 2 is 1.68 bits per heavy atom. The number of ether oxygens (including phenoxy) is 3. The van der Waals surface area contributed by atoms with Gasteiger partial charge in [0.05, 0.1) is 37.8 Å². The van der Waals surface area contributed by atoms with E-state index in [1.807, 2.05) is 13.0 Å². The zero-order valence-corrected chi connectivity index (χ0v) is 22.9. The quantitative estimate of drug-likeness (QED) is 0.150. The van der Waals surface area contributed by atoms with Gasteiger partial charge in [0, 0.05) is 30.6 Å². The number of amides is 2. The third kappa shape index (κ3) is 6.82. The average molecular weight is 558 g/mol. The van der Waals surface area contributed by atoms with E-state index in [0.29, 0.717) is 35.7 Å². The summed E-state index contributed by atoms with van der Waals surface area (Å²) < 4.78 is 16.3. The fourth-order valence-electron chi connectivity index (χ4n) is 4.00. The number of nitrogen functional groups attached to an aromatic ring is 1. The molecule has 2 aromatic carbocycles. The maximum absolute atomic E-state index is 13.3. The predicted octanol–water partition coefficient (Wildman–Crippen LogP) is 4.00. The highest BCUT2D eigenvalue weighted by Gasteiger charge is 2.20. The van der Waals surface area contributed by atoms with E-state index in [9.17, 15) is 14.4 Å². The van der Waals surface area contributed by atoms with Crippen LogP contribution in [0.5, 0.6) is 17.2 Å². The smallest absolute Gasteiger partial charge is 0.267 e. The highest BCUT2D eigenvalue weighted by Crippen LogP contribution is 2.28. The number of benzene rings is 2. The number of rotatable bonds is 12. The molecule has 0 saturated carbocycles. The summed E-state index contributed by atoms with van der Waals surface area (Å²) in [5.74, 6) is 0.303. The molecule has 212 valence electrons. The lowest BCUT2D eigenvalue weighted by Crippen LogP contribution is -2.26. The molecule has 5 N–H and O–H groups in total. The summed E-state index contributed by atoms with van der Waals surface area (Å²) in [7, 11) is 3.05. The lowest BCUT2D eigenvalue weighted by molar-refractivity contribution is 0.0945. The number of nitrogens with one attached hydrogen (secondary N) is 3. The van der Waals surface area contributed by atoms with Crippen LogP contribution in [0.1, 0.15) is 48.9 Å². The number of anilines is 2. The van der Waals surface area contributed by atoms with Gasteiger partial charge in [0.2, 0.25) is 5.78 Å². The Balaban J connectivity index is 1.43. The molecule has 2 amide bonds. The van der Waals surface area contributed by atoms with Crippen molar-refractivity contribution in [2.45, 2.75) is 13.3 Å². The lowest BCUT2D eigenvalue weighted by Gasteiger charge is -2.15. The van der Waals surface area contributed by atoms with Crippen molar-refractivity contribution >= 4 is 29.0 Å². The zero-order valence-electron chi connectivity index (χ0n) is 22.9. The highest BCUT2D eigenvalue weighted by molar-refractivity contribution is 6.14. The number of methoxy groups -OCH3 is 2. The maximum atomic E-state index is 13.3. The molecule has 0 fully saturated rings. The van der Waals surface area contributed by atoms with Crippen LogP contribution in [0, 0.1) is 6.92 Å². The van der Waals surface area contributed by atoms with E-state index >= 15 is 0 Å². The summed E-state index contributed by atoms with van der Waals surface area (Å²) in [5, 5.41) is 5.58. The number of ketones is 1. The Labute approximate surface area is 237 Å². The van der Waals surface area contributed by atoms with Gasteiger partial charge in [-0.1, -0.05) is 0 Å². The first-order valence-corrected chi connectivity index (χ1v) is 12.8. The number of pyridine rings is 1. The average Bonchev–Trinajstić information content (AvgIpc) is 3.43. The van der Waals surface area contributed by atoms with E-state index in [0.717, 1.165) is 5.56 Å². The van der Waals surface area contributed by atoms with Crippen LogP contribution in [0.2, 0.25) is 0 Å². The van der Waals surface area contributed by atoms with Gasteiger partial charge in [-0.05, 0) is 67.4 Å². The van der Waals surface area contributed by atoms with Crippen molar-refractivity contribution in [1.29, 1.82) is 0 Å². The van der Waals surface area contributed by atoms with Gasteiger partial charge in [0.15, 0.2) is 0 Å². The molecule has 11 nitrogen and oxygen atoms in total. The lowest BCUT2D eigenvalue weighted by atomic mass is 10.1. The van der Waals surface area contributed by atoms with Crippen molar-refractivity contribution in [3.05, 3.63) is 95.1 Å². The topological polar surface area (TPSA) is 158 Å². The molecule has 0 aliphatic carbocycles. The number of carbonyl (C=O) groups is 3. The standard InChI is InChI=1S/C30H31N5O6/c1-18-11-14-32-26(18)30(38)34-13-4-16-41-24-17-21(40-3)9-10-22(24)29(37)35-23-12-15-33-27(25(23)31)28(36)19-5-7-20(39-2)8-6-19/h5-12,14-15,17,32H,4,13,16,31H2,1-3H3,(H,34,38)(H,33,35,37). The number of aromatic nitrogens is 2. The summed E-state index contributed by atoms with van der Waals surface area (Å²) in [6.07, 6.45) is 3.61. The number of aromatic amines is 1. The van der Waals surface area contributed by atoms with Crippen molar-refractivity contribution in [2.75, 3.05) is 38.4 Å². The zero-order chi connectivity index (χ0) is 29.4. The second-order valence-corrected chi connectivity index (χ2v) is 8.99. The molecule has 11 heteroatoms. The summed E-state index contributed by atoms with van der Waals surface area (Å²) >= 11 is 0. The minimum Gasteiger partial charge on any atom is -0.497 e. The molecule has 0 aliphatic heterocycles. The SMILES string of the molecule is COc1ccc(C(=O)c2nccc(NC(=O)c3ccc(OC)cc3OCCCNC(=O)c3[nH]ccc3C)c2N)cc1. The Morgan fingerprint density at radius 1 is 0.951 bits per heavy atom. The Bertz CT molecular complexity index is 1550. The second kappa shape index (κ2) is 13.2. The molecule has 0 radical (unpaired) electrons. The van der Waals surface area contributed by atoms with Crippen LogP contribution in [0.25, 0.3) is 0 Å². The number of hydrogen-bond acceptors (Lipinski definition) is 8. The second-order valence-electron chi connectivity index (χ2n) is 8.99. The molecule has 0 atom stereocenters. The van der Waals surface area contributed by atoms with Gasteiger partial charge in [0.1, 0.15) is 28.6 Å². The van der Waals surface area contributed by atoms with Crippen LogP contribution in [-0.2, 0) is 0 Å². The Morgan fingerprint density at radius 3 is 2.37 bits per heavy atom. The number of carbonyl (C=O) groups excluding carboxylic acids is 3. The summed E-state index contributed by atoms with van der Waals surface area (Å²) in [6, 6.07) is 14.7. The first-order chi connectivity index (χ1) is 19.8. The van der Waals surface area contributed by atoms with Gasteiger partial charge in [-0.25, -0.2) is 0 Å². The van der Waals surface area contributed by atoms with Gasteiger partial charge < -0.3 is 35.6 Å². The van der Waals surface area contributed by atoms with Crippen molar-refractivity contribution in [3.8, 4) is 17.2 Å². The molecule has 4 rings (SSSR count). The molecule has 0 unspecified atom stereocenters. The van der Waals surface area contributed by atoms with Crippen LogP contribution >= 0.6 is 0 Å². The minimum absolute atomic E-state index is 0.00996. The molecule has 0 saturated heterocycles. The Kier molecular flexibility index (Phi) is 9.20. The molecule has 2 aromatic heterocycles. The molecule has 0 bridgehead atoms. The molecular formula is C30H31N5O6. The summed E-state index contributed by atoms with van der Waals surface area (Å²) in [5.41, 5.74) is 8.51. The van der Waals surface area contributed by atoms with E-state index in [4.69, 9.17) is 19.9 Å². The number of hydrogen-bond donors (Lipinski definition) is 4. The van der Waals surface area contributed by atoms with Crippen LogP contribution in [0.3, 0.4) is 0 Å². The van der Waals surface area contributed by atoms with Crippen molar-refractivity contribution in [1.82, 2.24) is 15.3 Å². The van der Waals surface area contributed by atoms with Gasteiger partial charge in [-0.15, -0.1) is 0 Å². The number of nitrogens with two attached hydrogens (primary N) is 1. The third-order valence-electron chi connectivity index (χ3n) is 6.29. The summed E-state index contributed by atoms with van der Waals surface area (Å²) in [6.45, 7) is 2.46. The van der Waals surface area contributed by atoms with Gasteiger partial charge >= 0.3 is 0 Å². The largest absolute Gasteiger partial charge is 0.497 e. The Hall–Kier alpha value is -5.32. The molecule has 0 spiro atoms. The fraction of sp³-hybridized carbons (Fsp3) is 0.200. The highest BCUT2D eigenvalue weighted by atomic mass is 16.5. The normalized spacial score (nSPS) is 10.5. The van der Waals surface area contributed by atoms with Crippen LogP contribution in [0.4, 0.5) is 11.4 Å². The monoisotopic (exact) mass is 557 g/mol. The molecule has 2 heterocycles. The van der Waals surface area contributed by atoms with E-state index in [1.165, 1.54) is 26.5 Å². The van der Waals surface area contributed by atoms with Crippen molar-refractivity contribution in [2.24, 2.45) is 0 Å². The molecule has 41 heavy (non-hydrogen) atoms. The van der Waals surface area contributed by atoms with Crippen LogP contribution < -0.4 is 30.6 Å². The van der Waals surface area contributed by atoms with Crippen molar-refractivity contribution < 1.29 is 28.6 Å². The van der Waals surface area contributed by atoms with Crippen LogP contribution in [0.15, 0.2) is 67.0 Å². The van der Waals surface area contributed by atoms with Crippen molar-refractivity contribution in [3.63, 3.8) is 0 Å². The molecular weight excluding hydrogens is 526 g/mol. The first kappa shape index (κ1) is 28.7. The third-order valence-corrected chi connectivity index (χ3v) is 6.29. The minimum atomic E-state index is -0.501. The molecule has 4 aromatic rings. The van der Waals surface area contributed by atoms with E-state index in [1.54, 1.807) is 48.7 Å². The maximum Gasteiger partial charge on any atom is 0.267 e. The fourth-order valence-corrected chi connectivity index (χ4v) is 4.00. The molecule has 0 aliphatic rings. The predicted molar refractivity (Wildman–Crippen MR) is 154 cm³/mol. The van der Waals surface area contributed by atoms with E-state index in [2.05, 4.69) is 20.6 Å². The van der Waals surface area contributed by atoms with Gasteiger partial charge in [0.25, 0.3) is 11.8 Å². The van der Waals surface area contributed by atoms with E-state index < -0.39 is 11.7 Å². The van der Waals surface area contributed by atoms with Gasteiger partial charge in [-0.3, -0.25) is 19.4 Å². The number of nitrogens with zero attached hydrogens (tertiary/aromatic N) is 1. The summed E-state index contributed by atoms with van der Waals surface area (Å²) in [4.78, 5) is 45.6.